The van der Waals surface area contributed by atoms with Crippen LogP contribution < -0.4 is 5.73 Å². The van der Waals surface area contributed by atoms with Crippen LogP contribution in [0.4, 0.5) is 5.69 Å². The quantitative estimate of drug-likeness (QED) is 0.674. The minimum Gasteiger partial charge on any atom is -0.398 e. The van der Waals surface area contributed by atoms with Crippen molar-refractivity contribution < 1.29 is 0 Å². The van der Waals surface area contributed by atoms with Crippen LogP contribution in [0.25, 0.3) is 22.6 Å². The molecule has 0 amide bonds. The summed E-state index contributed by atoms with van der Waals surface area (Å²) in [5, 5.41) is 0. The fourth-order valence-corrected chi connectivity index (χ4v) is 1.98. The molecular formula is C11H8BrN5. The normalized spacial score (nSPS) is 10.9. The molecule has 3 rings (SSSR count). The first kappa shape index (κ1) is 10.2. The zero-order valence-corrected chi connectivity index (χ0v) is 10.3. The Hall–Kier alpha value is -1.95. The Balaban J connectivity index is 2.23. The van der Waals surface area contributed by atoms with Crippen LogP contribution in [0.1, 0.15) is 0 Å². The predicted octanol–water partition coefficient (Wildman–Crippen LogP) is 2.36. The van der Waals surface area contributed by atoms with Crippen molar-refractivity contribution in [3.8, 4) is 11.4 Å². The first-order valence-electron chi connectivity index (χ1n) is 4.95. The van der Waals surface area contributed by atoms with Gasteiger partial charge in [0.15, 0.2) is 5.65 Å². The summed E-state index contributed by atoms with van der Waals surface area (Å²) in [5.41, 5.74) is 8.87. The van der Waals surface area contributed by atoms with E-state index in [-0.39, 0.29) is 0 Å². The van der Waals surface area contributed by atoms with E-state index in [4.69, 9.17) is 5.73 Å². The molecular weight excluding hydrogens is 282 g/mol. The molecule has 0 saturated heterocycles. The van der Waals surface area contributed by atoms with Gasteiger partial charge in [0.2, 0.25) is 0 Å². The summed E-state index contributed by atoms with van der Waals surface area (Å²) in [6, 6.07) is 5.64. The molecule has 0 aliphatic heterocycles. The Kier molecular flexibility index (Phi) is 2.29. The third-order valence-corrected chi connectivity index (χ3v) is 2.93. The molecule has 0 atom stereocenters. The topological polar surface area (TPSA) is 80.5 Å². The van der Waals surface area contributed by atoms with Crippen LogP contribution in [0.5, 0.6) is 0 Å². The maximum Gasteiger partial charge on any atom is 0.181 e. The molecule has 3 N–H and O–H groups in total. The van der Waals surface area contributed by atoms with Crippen molar-refractivity contribution in [2.75, 3.05) is 5.73 Å². The van der Waals surface area contributed by atoms with E-state index in [1.54, 1.807) is 6.20 Å². The largest absolute Gasteiger partial charge is 0.398 e. The summed E-state index contributed by atoms with van der Waals surface area (Å²) < 4.78 is 0.952. The van der Waals surface area contributed by atoms with Crippen molar-refractivity contribution in [1.29, 1.82) is 0 Å². The molecule has 0 fully saturated rings. The smallest absolute Gasteiger partial charge is 0.181 e. The summed E-state index contributed by atoms with van der Waals surface area (Å²) in [6.07, 6.45) is 3.16. The average molecular weight is 290 g/mol. The average Bonchev–Trinajstić information content (AvgIpc) is 2.75. The second-order valence-corrected chi connectivity index (χ2v) is 4.49. The van der Waals surface area contributed by atoms with Crippen molar-refractivity contribution in [1.82, 2.24) is 19.9 Å². The van der Waals surface area contributed by atoms with E-state index in [1.165, 1.54) is 6.33 Å². The lowest BCUT2D eigenvalue weighted by molar-refractivity contribution is 1.20. The van der Waals surface area contributed by atoms with Gasteiger partial charge in [0.1, 0.15) is 17.7 Å². The summed E-state index contributed by atoms with van der Waals surface area (Å²) in [6.45, 7) is 0. The predicted molar refractivity (Wildman–Crippen MR) is 69.2 cm³/mol. The highest BCUT2D eigenvalue weighted by Gasteiger charge is 2.09. The Morgan fingerprint density at radius 1 is 1.29 bits per heavy atom. The third kappa shape index (κ3) is 1.76. The molecule has 0 saturated carbocycles. The van der Waals surface area contributed by atoms with Gasteiger partial charge in [0.25, 0.3) is 0 Å². The van der Waals surface area contributed by atoms with E-state index in [1.807, 2.05) is 18.2 Å². The number of fused-ring (bicyclic) bond motifs is 1. The molecule has 0 aliphatic rings. The number of hydrogen-bond donors (Lipinski definition) is 2. The molecule has 2 heterocycles. The monoisotopic (exact) mass is 289 g/mol. The SMILES string of the molecule is Nc1ccc(Br)cc1-c1nc2ncncc2[nH]1. The third-order valence-electron chi connectivity index (χ3n) is 2.43. The summed E-state index contributed by atoms with van der Waals surface area (Å²) in [7, 11) is 0. The maximum absolute atomic E-state index is 5.93. The van der Waals surface area contributed by atoms with Crippen molar-refractivity contribution in [2.45, 2.75) is 0 Å². The molecule has 0 bridgehead atoms. The lowest BCUT2D eigenvalue weighted by Crippen LogP contribution is -1.91. The number of nitrogens with two attached hydrogens (primary N) is 1. The van der Waals surface area contributed by atoms with Gasteiger partial charge in [-0.1, -0.05) is 15.9 Å². The Morgan fingerprint density at radius 3 is 3.00 bits per heavy atom. The van der Waals surface area contributed by atoms with Gasteiger partial charge < -0.3 is 10.7 Å². The fraction of sp³-hybridized carbons (Fsp3) is 0. The lowest BCUT2D eigenvalue weighted by atomic mass is 10.2. The first-order valence-corrected chi connectivity index (χ1v) is 5.74. The molecule has 84 valence electrons. The van der Waals surface area contributed by atoms with Crippen molar-refractivity contribution in [3.63, 3.8) is 0 Å². The molecule has 5 nitrogen and oxygen atoms in total. The number of halogens is 1. The molecule has 3 aromatic rings. The Bertz CT molecular complexity index is 658. The molecule has 0 radical (unpaired) electrons. The van der Waals surface area contributed by atoms with Crippen LogP contribution in [0, 0.1) is 0 Å². The van der Waals surface area contributed by atoms with Crippen molar-refractivity contribution in [2.24, 2.45) is 0 Å². The van der Waals surface area contributed by atoms with E-state index in [9.17, 15) is 0 Å². The second kappa shape index (κ2) is 3.81. The Labute approximate surface area is 105 Å². The molecule has 0 aliphatic carbocycles. The number of rotatable bonds is 1. The zero-order chi connectivity index (χ0) is 11.8. The van der Waals surface area contributed by atoms with Crippen LogP contribution in [-0.4, -0.2) is 19.9 Å². The lowest BCUT2D eigenvalue weighted by Gasteiger charge is -2.02. The van der Waals surface area contributed by atoms with Gasteiger partial charge in [0.05, 0.1) is 6.20 Å². The highest BCUT2D eigenvalue weighted by molar-refractivity contribution is 9.10. The maximum atomic E-state index is 5.93. The highest BCUT2D eigenvalue weighted by Crippen LogP contribution is 2.27. The minimum absolute atomic E-state index is 0.634. The number of H-pyrrole nitrogens is 1. The number of nitrogens with one attached hydrogen (secondary N) is 1. The van der Waals surface area contributed by atoms with Gasteiger partial charge in [-0.05, 0) is 18.2 Å². The van der Waals surface area contributed by atoms with Gasteiger partial charge in [-0.3, -0.25) is 0 Å². The summed E-state index contributed by atoms with van der Waals surface area (Å²) >= 11 is 3.41. The van der Waals surface area contributed by atoms with E-state index in [2.05, 4.69) is 35.9 Å². The van der Waals surface area contributed by atoms with Gasteiger partial charge >= 0.3 is 0 Å². The van der Waals surface area contributed by atoms with Crippen LogP contribution >= 0.6 is 15.9 Å². The van der Waals surface area contributed by atoms with Gasteiger partial charge in [-0.15, -0.1) is 0 Å². The second-order valence-electron chi connectivity index (χ2n) is 3.58. The molecule has 17 heavy (non-hydrogen) atoms. The zero-order valence-electron chi connectivity index (χ0n) is 8.68. The van der Waals surface area contributed by atoms with Gasteiger partial charge in [0, 0.05) is 15.7 Å². The molecule has 6 heteroatoms. The molecule has 1 aromatic carbocycles. The number of benzene rings is 1. The number of hydrogen-bond acceptors (Lipinski definition) is 4. The van der Waals surface area contributed by atoms with Crippen LogP contribution in [0.15, 0.2) is 35.2 Å². The first-order chi connectivity index (χ1) is 8.24. The number of imidazole rings is 1. The van der Waals surface area contributed by atoms with Crippen molar-refractivity contribution in [3.05, 3.63) is 35.2 Å². The summed E-state index contributed by atoms with van der Waals surface area (Å²) in [4.78, 5) is 15.5. The van der Waals surface area contributed by atoms with Crippen molar-refractivity contribution >= 4 is 32.8 Å². The number of nitrogen functional groups attached to an aromatic ring is 1. The molecule has 2 aromatic heterocycles. The standard InChI is InChI=1S/C11H8BrN5/c12-6-1-2-8(13)7(3-6)10-16-9-4-14-5-15-11(9)17-10/h1-5H,13H2,(H,14,15,16,17). The van der Waals surface area contributed by atoms with Gasteiger partial charge in [-0.25, -0.2) is 15.0 Å². The van der Waals surface area contributed by atoms with E-state index < -0.39 is 0 Å². The van der Waals surface area contributed by atoms with E-state index >= 15 is 0 Å². The van der Waals surface area contributed by atoms with Crippen LogP contribution in [-0.2, 0) is 0 Å². The van der Waals surface area contributed by atoms with Crippen LogP contribution in [0.3, 0.4) is 0 Å². The van der Waals surface area contributed by atoms with Crippen LogP contribution in [0.2, 0.25) is 0 Å². The van der Waals surface area contributed by atoms with Gasteiger partial charge in [-0.2, -0.15) is 0 Å². The Morgan fingerprint density at radius 2 is 2.18 bits per heavy atom. The van der Waals surface area contributed by atoms with E-state index in [0.29, 0.717) is 17.2 Å². The fourth-order valence-electron chi connectivity index (χ4n) is 1.62. The molecule has 0 unspecified atom stereocenters. The number of nitrogens with zero attached hydrogens (tertiary/aromatic N) is 3. The number of anilines is 1. The number of aromatic amines is 1. The highest BCUT2D eigenvalue weighted by atomic mass is 79.9. The number of aromatic nitrogens is 4. The summed E-state index contributed by atoms with van der Waals surface area (Å²) in [5.74, 6) is 0.694. The minimum atomic E-state index is 0.634. The van der Waals surface area contributed by atoms with E-state index in [0.717, 1.165) is 15.6 Å². The molecule has 0 spiro atoms.